The van der Waals surface area contributed by atoms with E-state index in [-0.39, 0.29) is 0 Å². The van der Waals surface area contributed by atoms with Gasteiger partial charge in [0.1, 0.15) is 0 Å². The van der Waals surface area contributed by atoms with Crippen molar-refractivity contribution >= 4 is 33.7 Å². The largest absolute Gasteiger partial charge is 0.868 e. The van der Waals surface area contributed by atoms with Gasteiger partial charge in [-0.15, -0.1) is 0 Å². The van der Waals surface area contributed by atoms with E-state index in [1.165, 1.54) is 24.7 Å². The molecule has 22 heavy (non-hydrogen) atoms. The van der Waals surface area contributed by atoms with Crippen LogP contribution in [0.2, 0.25) is 0 Å². The number of nitro benzene ring substituents is 1. The Morgan fingerprint density at radius 1 is 1.36 bits per heavy atom. The predicted molar refractivity (Wildman–Crippen MR) is 79.5 cm³/mol. The molecule has 1 heterocycles. The van der Waals surface area contributed by atoms with E-state index in [0.29, 0.717) is 15.6 Å². The minimum Gasteiger partial charge on any atom is -0.868 e. The molecular formula is C13H8BrN4O4-. The molecule has 1 amide bonds. The van der Waals surface area contributed by atoms with Gasteiger partial charge in [0.15, 0.2) is 0 Å². The van der Waals surface area contributed by atoms with Crippen LogP contribution in [0.15, 0.2) is 46.2 Å². The SMILES string of the molecule is O=C(NN=Cc1ccc([O-])c([N+](=O)[O-])c1)c1cncc(Br)c1. The number of nitrogens with zero attached hydrogens (tertiary/aromatic N) is 3. The second-order valence-electron chi connectivity index (χ2n) is 4.08. The van der Waals surface area contributed by atoms with Crippen molar-refractivity contribution in [1.82, 2.24) is 10.4 Å². The third-order valence-corrected chi connectivity index (χ3v) is 2.96. The topological polar surface area (TPSA) is 121 Å². The lowest BCUT2D eigenvalue weighted by atomic mass is 10.2. The van der Waals surface area contributed by atoms with Crippen LogP contribution >= 0.6 is 15.9 Å². The molecule has 2 aromatic rings. The first-order valence-corrected chi connectivity index (χ1v) is 6.66. The van der Waals surface area contributed by atoms with E-state index < -0.39 is 22.3 Å². The van der Waals surface area contributed by atoms with Gasteiger partial charge in [0, 0.05) is 28.5 Å². The third-order valence-electron chi connectivity index (χ3n) is 2.53. The van der Waals surface area contributed by atoms with Crippen LogP contribution in [0, 0.1) is 10.1 Å². The van der Waals surface area contributed by atoms with Crippen molar-refractivity contribution in [1.29, 1.82) is 0 Å². The van der Waals surface area contributed by atoms with Crippen molar-refractivity contribution in [2.45, 2.75) is 0 Å². The molecule has 0 aliphatic heterocycles. The zero-order valence-corrected chi connectivity index (χ0v) is 12.5. The number of benzene rings is 1. The van der Waals surface area contributed by atoms with Gasteiger partial charge in [0.2, 0.25) is 0 Å². The molecule has 112 valence electrons. The standard InChI is InChI=1S/C13H9BrN4O4/c14-10-4-9(6-15-7-10)13(20)17-16-5-8-1-2-12(19)11(3-8)18(21)22/h1-7,19H,(H,17,20)/p-1. The number of nitro groups is 1. The Bertz CT molecular complexity index is 763. The summed E-state index contributed by atoms with van der Waals surface area (Å²) in [4.78, 5) is 25.5. The van der Waals surface area contributed by atoms with Gasteiger partial charge < -0.3 is 5.11 Å². The number of pyridine rings is 1. The predicted octanol–water partition coefficient (Wildman–Crippen LogP) is 1.59. The molecule has 0 saturated carbocycles. The zero-order chi connectivity index (χ0) is 16.1. The van der Waals surface area contributed by atoms with E-state index >= 15 is 0 Å². The normalized spacial score (nSPS) is 10.6. The number of aromatic nitrogens is 1. The Balaban J connectivity index is 2.08. The molecule has 0 aliphatic carbocycles. The number of amides is 1. The molecule has 0 atom stereocenters. The molecule has 0 fully saturated rings. The van der Waals surface area contributed by atoms with Crippen LogP contribution in [0.5, 0.6) is 5.75 Å². The summed E-state index contributed by atoms with van der Waals surface area (Å²) in [5.41, 5.74) is 2.33. The van der Waals surface area contributed by atoms with Crippen molar-refractivity contribution in [2.24, 2.45) is 5.10 Å². The van der Waals surface area contributed by atoms with E-state index in [0.717, 1.165) is 12.1 Å². The lowest BCUT2D eigenvalue weighted by Gasteiger charge is -2.06. The van der Waals surface area contributed by atoms with E-state index in [2.05, 4.69) is 31.4 Å². The Labute approximate surface area is 132 Å². The number of carbonyl (C=O) groups excluding carboxylic acids is 1. The quantitative estimate of drug-likeness (QED) is 0.502. The second kappa shape index (κ2) is 6.76. The molecule has 0 spiro atoms. The summed E-state index contributed by atoms with van der Waals surface area (Å²) in [7, 11) is 0. The molecule has 1 aromatic carbocycles. The van der Waals surface area contributed by atoms with E-state index in [9.17, 15) is 20.0 Å². The average molecular weight is 364 g/mol. The maximum Gasteiger partial charge on any atom is 0.272 e. The number of rotatable bonds is 4. The van der Waals surface area contributed by atoms with Crippen molar-refractivity contribution in [2.75, 3.05) is 0 Å². The van der Waals surface area contributed by atoms with E-state index in [1.807, 2.05) is 0 Å². The first kappa shape index (κ1) is 15.6. The van der Waals surface area contributed by atoms with Crippen LogP contribution < -0.4 is 10.5 Å². The third kappa shape index (κ3) is 3.85. The molecule has 0 unspecified atom stereocenters. The van der Waals surface area contributed by atoms with Gasteiger partial charge in [-0.2, -0.15) is 5.10 Å². The molecular weight excluding hydrogens is 356 g/mol. The minimum atomic E-state index is -0.772. The minimum absolute atomic E-state index is 0.299. The van der Waals surface area contributed by atoms with Crippen LogP contribution in [0.25, 0.3) is 0 Å². The molecule has 9 heteroatoms. The van der Waals surface area contributed by atoms with E-state index in [4.69, 9.17) is 0 Å². The Morgan fingerprint density at radius 2 is 2.14 bits per heavy atom. The lowest BCUT2D eigenvalue weighted by Crippen LogP contribution is -2.17. The van der Waals surface area contributed by atoms with Crippen molar-refractivity contribution < 1.29 is 14.8 Å². The molecule has 2 rings (SSSR count). The maximum absolute atomic E-state index is 11.8. The van der Waals surface area contributed by atoms with E-state index in [1.54, 1.807) is 6.07 Å². The van der Waals surface area contributed by atoms with Gasteiger partial charge >= 0.3 is 0 Å². The molecule has 0 bridgehead atoms. The monoisotopic (exact) mass is 363 g/mol. The fourth-order valence-electron chi connectivity index (χ4n) is 1.52. The summed E-state index contributed by atoms with van der Waals surface area (Å²) in [6, 6.07) is 5.08. The number of hydrogen-bond donors (Lipinski definition) is 1. The van der Waals surface area contributed by atoms with Gasteiger partial charge in [-0.05, 0) is 27.7 Å². The van der Waals surface area contributed by atoms with Crippen LogP contribution in [0.1, 0.15) is 15.9 Å². The van der Waals surface area contributed by atoms with Crippen molar-refractivity contribution in [3.63, 3.8) is 0 Å². The molecule has 8 nitrogen and oxygen atoms in total. The highest BCUT2D eigenvalue weighted by molar-refractivity contribution is 9.10. The summed E-state index contributed by atoms with van der Waals surface area (Å²) < 4.78 is 0.644. The molecule has 0 radical (unpaired) electrons. The summed E-state index contributed by atoms with van der Waals surface area (Å²) >= 11 is 3.19. The molecule has 1 N–H and O–H groups in total. The van der Waals surface area contributed by atoms with Gasteiger partial charge in [-0.3, -0.25) is 19.9 Å². The average Bonchev–Trinajstić information content (AvgIpc) is 2.48. The number of nitrogens with one attached hydrogen (secondary N) is 1. The Kier molecular flexibility index (Phi) is 4.79. The molecule has 0 saturated heterocycles. The summed E-state index contributed by atoms with van der Waals surface area (Å²) in [5, 5.41) is 25.6. The Hall–Kier alpha value is -2.81. The smallest absolute Gasteiger partial charge is 0.272 e. The van der Waals surface area contributed by atoms with Gasteiger partial charge in [-0.25, -0.2) is 5.43 Å². The molecule has 0 aliphatic rings. The fourth-order valence-corrected chi connectivity index (χ4v) is 1.89. The lowest BCUT2D eigenvalue weighted by molar-refractivity contribution is -0.398. The number of hydrogen-bond acceptors (Lipinski definition) is 6. The second-order valence-corrected chi connectivity index (χ2v) is 4.99. The van der Waals surface area contributed by atoms with Crippen LogP contribution in [-0.4, -0.2) is 22.0 Å². The van der Waals surface area contributed by atoms with Crippen molar-refractivity contribution in [3.8, 4) is 5.75 Å². The molecule has 1 aromatic heterocycles. The van der Waals surface area contributed by atoms with Crippen LogP contribution in [-0.2, 0) is 0 Å². The first-order chi connectivity index (χ1) is 10.5. The highest BCUT2D eigenvalue weighted by Gasteiger charge is 2.07. The first-order valence-electron chi connectivity index (χ1n) is 5.87. The maximum atomic E-state index is 11.8. The van der Waals surface area contributed by atoms with Gasteiger partial charge in [0.25, 0.3) is 11.6 Å². The Morgan fingerprint density at radius 3 is 2.82 bits per heavy atom. The van der Waals surface area contributed by atoms with Crippen LogP contribution in [0.4, 0.5) is 5.69 Å². The van der Waals surface area contributed by atoms with Gasteiger partial charge in [-0.1, -0.05) is 12.1 Å². The number of halogens is 1. The highest BCUT2D eigenvalue weighted by atomic mass is 79.9. The van der Waals surface area contributed by atoms with Gasteiger partial charge in [0.05, 0.1) is 16.7 Å². The van der Waals surface area contributed by atoms with Crippen LogP contribution in [0.3, 0.4) is 0 Å². The summed E-state index contributed by atoms with van der Waals surface area (Å²) in [6.07, 6.45) is 4.10. The van der Waals surface area contributed by atoms with Crippen molar-refractivity contribution in [3.05, 3.63) is 62.4 Å². The highest BCUT2D eigenvalue weighted by Crippen LogP contribution is 2.22. The fraction of sp³-hybridized carbons (Fsp3) is 0. The zero-order valence-electron chi connectivity index (χ0n) is 10.9. The summed E-state index contributed by atoms with van der Waals surface area (Å²) in [6.45, 7) is 0. The number of hydrazone groups is 1. The summed E-state index contributed by atoms with van der Waals surface area (Å²) in [5.74, 6) is -1.17. The number of carbonyl (C=O) groups is 1.